The van der Waals surface area contributed by atoms with Crippen molar-refractivity contribution >= 4 is 5.95 Å². The molecule has 1 fully saturated rings. The minimum absolute atomic E-state index is 0.262. The van der Waals surface area contributed by atoms with Crippen molar-refractivity contribution in [2.24, 2.45) is 0 Å². The van der Waals surface area contributed by atoms with Gasteiger partial charge >= 0.3 is 0 Å². The Bertz CT molecular complexity index is 1970. The molecule has 0 atom stereocenters. The molecule has 2 N–H and O–H groups in total. The van der Waals surface area contributed by atoms with Crippen LogP contribution >= 0.6 is 0 Å². The van der Waals surface area contributed by atoms with E-state index < -0.39 is 5.54 Å². The van der Waals surface area contributed by atoms with E-state index in [-0.39, 0.29) is 11.4 Å². The first-order chi connectivity index (χ1) is 22.7. The Morgan fingerprint density at radius 2 is 1.22 bits per heavy atom. The SMILES string of the molecule is Nc1ncc(-c2ccc(C3(c4noc(-c5cnn(C(c6ccccc6)(c6ccccc6)c6ccccc6)c5)n4)CCC3)cc2)cn1. The highest BCUT2D eigenvalue weighted by Gasteiger charge is 2.45. The van der Waals surface area contributed by atoms with Gasteiger partial charge in [-0.15, -0.1) is 0 Å². The molecule has 1 saturated carbocycles. The summed E-state index contributed by atoms with van der Waals surface area (Å²) in [6.07, 6.45) is 10.3. The molecule has 0 bridgehead atoms. The molecule has 8 heteroatoms. The molecule has 0 radical (unpaired) electrons. The first-order valence-electron chi connectivity index (χ1n) is 15.4. The lowest BCUT2D eigenvalue weighted by Crippen LogP contribution is -2.38. The zero-order valence-electron chi connectivity index (χ0n) is 25.1. The number of nitrogen functional groups attached to an aromatic ring is 1. The summed E-state index contributed by atoms with van der Waals surface area (Å²) in [5.74, 6) is 1.41. The molecule has 0 unspecified atom stereocenters. The second kappa shape index (κ2) is 11.2. The zero-order valence-corrected chi connectivity index (χ0v) is 25.1. The van der Waals surface area contributed by atoms with Crippen molar-refractivity contribution in [3.63, 3.8) is 0 Å². The van der Waals surface area contributed by atoms with Gasteiger partial charge in [0.2, 0.25) is 5.95 Å². The van der Waals surface area contributed by atoms with E-state index in [2.05, 4.69) is 112 Å². The lowest BCUT2D eigenvalue weighted by Gasteiger charge is -2.39. The molecule has 3 aromatic heterocycles. The lowest BCUT2D eigenvalue weighted by atomic mass is 9.64. The van der Waals surface area contributed by atoms with Crippen LogP contribution in [0, 0.1) is 0 Å². The summed E-state index contributed by atoms with van der Waals surface area (Å²) in [6.45, 7) is 0. The van der Waals surface area contributed by atoms with Crippen LogP contribution in [0.25, 0.3) is 22.6 Å². The van der Waals surface area contributed by atoms with Crippen molar-refractivity contribution in [3.8, 4) is 22.6 Å². The minimum atomic E-state index is -0.725. The number of nitrogens with zero attached hydrogens (tertiary/aromatic N) is 6. The summed E-state index contributed by atoms with van der Waals surface area (Å²) in [6, 6.07) is 39.9. The summed E-state index contributed by atoms with van der Waals surface area (Å²) in [4.78, 5) is 13.2. The van der Waals surface area contributed by atoms with Gasteiger partial charge in [-0.2, -0.15) is 10.1 Å². The number of rotatable bonds is 8. The van der Waals surface area contributed by atoms with Gasteiger partial charge in [0.1, 0.15) is 5.54 Å². The van der Waals surface area contributed by atoms with Crippen molar-refractivity contribution < 1.29 is 4.52 Å². The van der Waals surface area contributed by atoms with E-state index in [1.807, 2.05) is 35.3 Å². The molecule has 4 aromatic carbocycles. The van der Waals surface area contributed by atoms with Crippen LogP contribution in [-0.2, 0) is 11.0 Å². The molecule has 1 aliphatic rings. The lowest BCUT2D eigenvalue weighted by molar-refractivity contribution is 0.273. The molecule has 7 aromatic rings. The number of hydrogen-bond acceptors (Lipinski definition) is 7. The van der Waals surface area contributed by atoms with Crippen LogP contribution in [0.3, 0.4) is 0 Å². The van der Waals surface area contributed by atoms with Crippen LogP contribution in [0.2, 0.25) is 0 Å². The van der Waals surface area contributed by atoms with Crippen molar-refractivity contribution in [1.29, 1.82) is 0 Å². The van der Waals surface area contributed by atoms with Gasteiger partial charge in [-0.05, 0) is 40.7 Å². The van der Waals surface area contributed by atoms with E-state index in [1.54, 1.807) is 12.4 Å². The highest BCUT2D eigenvalue weighted by Crippen LogP contribution is 2.48. The second-order valence-electron chi connectivity index (χ2n) is 11.7. The number of anilines is 1. The summed E-state index contributed by atoms with van der Waals surface area (Å²) >= 11 is 0. The van der Waals surface area contributed by atoms with Crippen LogP contribution in [-0.4, -0.2) is 29.9 Å². The maximum Gasteiger partial charge on any atom is 0.261 e. The Morgan fingerprint density at radius 1 is 0.652 bits per heavy atom. The van der Waals surface area contributed by atoms with Crippen molar-refractivity contribution in [1.82, 2.24) is 29.9 Å². The molecular weight excluding hydrogens is 570 g/mol. The van der Waals surface area contributed by atoms with Crippen LogP contribution in [0.5, 0.6) is 0 Å². The van der Waals surface area contributed by atoms with Gasteiger partial charge in [-0.25, -0.2) is 9.97 Å². The molecule has 8 rings (SSSR count). The van der Waals surface area contributed by atoms with Crippen molar-refractivity contribution in [3.05, 3.63) is 168 Å². The second-order valence-corrected chi connectivity index (χ2v) is 11.7. The maximum absolute atomic E-state index is 5.96. The van der Waals surface area contributed by atoms with Gasteiger partial charge in [0.25, 0.3) is 5.89 Å². The Balaban J connectivity index is 1.18. The van der Waals surface area contributed by atoms with E-state index in [0.29, 0.717) is 11.7 Å². The highest BCUT2D eigenvalue weighted by atomic mass is 16.5. The third kappa shape index (κ3) is 4.49. The Labute approximate surface area is 266 Å². The van der Waals surface area contributed by atoms with Crippen LogP contribution < -0.4 is 5.73 Å². The van der Waals surface area contributed by atoms with Crippen LogP contribution in [0.4, 0.5) is 5.95 Å². The fourth-order valence-corrected chi connectivity index (χ4v) is 6.73. The van der Waals surface area contributed by atoms with Gasteiger partial charge in [-0.1, -0.05) is 127 Å². The van der Waals surface area contributed by atoms with E-state index in [1.165, 1.54) is 0 Å². The molecular formula is C38H31N7O. The highest BCUT2D eigenvalue weighted by molar-refractivity contribution is 5.63. The largest absolute Gasteiger partial charge is 0.368 e. The predicted molar refractivity (Wildman–Crippen MR) is 177 cm³/mol. The van der Waals surface area contributed by atoms with Gasteiger partial charge in [0, 0.05) is 24.2 Å². The van der Waals surface area contributed by atoms with E-state index >= 15 is 0 Å². The quantitative estimate of drug-likeness (QED) is 0.182. The standard InChI is InChI=1S/C38H31N7O/c39-36-40-23-28(24-41-36)27-17-19-30(20-18-27)37(21-10-22-37)35-43-34(46-44-35)29-25-42-45(26-29)38(31-11-4-1-5-12-31,32-13-6-2-7-14-32)33-15-8-3-9-16-33/h1-9,11-20,23-26H,10,21-22H2,(H2,39,40,41). The number of nitrogens with two attached hydrogens (primary N) is 1. The number of hydrogen-bond donors (Lipinski definition) is 1. The van der Waals surface area contributed by atoms with Gasteiger partial charge in [-0.3, -0.25) is 4.68 Å². The summed E-state index contributed by atoms with van der Waals surface area (Å²) in [5, 5.41) is 9.52. The minimum Gasteiger partial charge on any atom is -0.368 e. The van der Waals surface area contributed by atoms with Gasteiger partial charge < -0.3 is 10.3 Å². The molecule has 0 saturated heterocycles. The molecule has 3 heterocycles. The summed E-state index contributed by atoms with van der Waals surface area (Å²) in [5.41, 5.74) is 11.8. The Kier molecular flexibility index (Phi) is 6.75. The number of benzene rings is 4. The van der Waals surface area contributed by atoms with E-state index in [0.717, 1.165) is 58.2 Å². The monoisotopic (exact) mass is 601 g/mol. The van der Waals surface area contributed by atoms with Crippen LogP contribution in [0.15, 0.2) is 145 Å². The Hall–Kier alpha value is -5.89. The van der Waals surface area contributed by atoms with Crippen LogP contribution in [0.1, 0.15) is 47.3 Å². The maximum atomic E-state index is 5.96. The first kappa shape index (κ1) is 27.6. The third-order valence-electron chi connectivity index (χ3n) is 9.25. The molecule has 0 aliphatic heterocycles. The molecule has 1 aliphatic carbocycles. The average molecular weight is 602 g/mol. The smallest absolute Gasteiger partial charge is 0.261 e. The normalized spacial score (nSPS) is 14.1. The van der Waals surface area contributed by atoms with Crippen molar-refractivity contribution in [2.75, 3.05) is 5.73 Å². The zero-order chi connectivity index (χ0) is 31.0. The summed E-state index contributed by atoms with van der Waals surface area (Å²) < 4.78 is 7.98. The van der Waals surface area contributed by atoms with Gasteiger partial charge in [0.15, 0.2) is 5.82 Å². The number of aromatic nitrogens is 6. The molecule has 0 spiro atoms. The predicted octanol–water partition coefficient (Wildman–Crippen LogP) is 7.28. The average Bonchev–Trinajstić information content (AvgIpc) is 3.79. The molecule has 46 heavy (non-hydrogen) atoms. The van der Waals surface area contributed by atoms with E-state index in [9.17, 15) is 0 Å². The molecule has 8 nitrogen and oxygen atoms in total. The van der Waals surface area contributed by atoms with Gasteiger partial charge in [0.05, 0.1) is 17.2 Å². The molecule has 224 valence electrons. The van der Waals surface area contributed by atoms with E-state index in [4.69, 9.17) is 20.3 Å². The summed E-state index contributed by atoms with van der Waals surface area (Å²) in [7, 11) is 0. The fraction of sp³-hybridized carbons (Fsp3) is 0.132. The first-order valence-corrected chi connectivity index (χ1v) is 15.4. The molecule has 0 amide bonds. The Morgan fingerprint density at radius 3 is 1.74 bits per heavy atom. The van der Waals surface area contributed by atoms with Crippen molar-refractivity contribution in [2.45, 2.75) is 30.2 Å². The topological polar surface area (TPSA) is 109 Å². The fourth-order valence-electron chi connectivity index (χ4n) is 6.73. The third-order valence-corrected chi connectivity index (χ3v) is 9.25.